The number of fused-ring (bicyclic) bond motifs is 3. The summed E-state index contributed by atoms with van der Waals surface area (Å²) in [6.45, 7) is 13.1. The molecule has 0 bridgehead atoms. The summed E-state index contributed by atoms with van der Waals surface area (Å²) in [5.41, 5.74) is 1.06. The summed E-state index contributed by atoms with van der Waals surface area (Å²) in [6, 6.07) is 0.866. The van der Waals surface area contributed by atoms with Crippen LogP contribution in [0, 0.1) is 0 Å². The highest BCUT2D eigenvalue weighted by Crippen LogP contribution is 2.58. The average Bonchev–Trinajstić information content (AvgIpc) is 3.57. The lowest BCUT2D eigenvalue weighted by atomic mass is 9.94. The Balaban J connectivity index is 1.79. The van der Waals surface area contributed by atoms with Crippen molar-refractivity contribution < 1.29 is 8.78 Å². The van der Waals surface area contributed by atoms with E-state index in [1.807, 2.05) is 6.07 Å². The highest BCUT2D eigenvalue weighted by atomic mass is 32.1. The van der Waals surface area contributed by atoms with E-state index in [2.05, 4.69) is 47.6 Å². The third-order valence-corrected chi connectivity index (χ3v) is 11.9. The van der Waals surface area contributed by atoms with E-state index in [0.717, 1.165) is 58.8 Å². The van der Waals surface area contributed by atoms with E-state index < -0.39 is 6.05 Å². The van der Waals surface area contributed by atoms with E-state index in [4.69, 9.17) is 0 Å². The molecule has 2 aromatic heterocycles. The molecule has 0 fully saturated rings. The fourth-order valence-electron chi connectivity index (χ4n) is 6.25. The SMILES string of the molecule is CCCCCCCCCCC(CCCCCCCCCC)N1c2cc(C(C)C)sc2-c2sc(C(C)C)cc2C1(F)F. The predicted molar refractivity (Wildman–Crippen MR) is 180 cm³/mol. The van der Waals surface area contributed by atoms with Crippen molar-refractivity contribution in [3.63, 3.8) is 0 Å². The van der Waals surface area contributed by atoms with Crippen LogP contribution >= 0.6 is 22.7 Å². The number of hydrogen-bond acceptors (Lipinski definition) is 3. The monoisotopic (exact) mass is 607 g/mol. The molecule has 0 saturated carbocycles. The summed E-state index contributed by atoms with van der Waals surface area (Å²) >= 11 is 3.35. The molecule has 0 N–H and O–H groups in total. The molecule has 5 heteroatoms. The van der Waals surface area contributed by atoms with Gasteiger partial charge in [-0.3, -0.25) is 0 Å². The van der Waals surface area contributed by atoms with Gasteiger partial charge in [0, 0.05) is 15.8 Å². The van der Waals surface area contributed by atoms with Crippen LogP contribution in [0.5, 0.6) is 0 Å². The Morgan fingerprint density at radius 1 is 0.610 bits per heavy atom. The zero-order chi connectivity index (χ0) is 29.8. The fourth-order valence-corrected chi connectivity index (χ4v) is 8.74. The first-order valence-corrected chi connectivity index (χ1v) is 18.8. The third kappa shape index (κ3) is 9.52. The maximum Gasteiger partial charge on any atom is 0.354 e. The summed E-state index contributed by atoms with van der Waals surface area (Å²) < 4.78 is 33.4. The van der Waals surface area contributed by atoms with E-state index in [1.54, 1.807) is 27.6 Å². The molecule has 3 heterocycles. The van der Waals surface area contributed by atoms with Crippen LogP contribution in [0.25, 0.3) is 9.75 Å². The van der Waals surface area contributed by atoms with Gasteiger partial charge >= 0.3 is 6.05 Å². The van der Waals surface area contributed by atoms with Gasteiger partial charge in [-0.15, -0.1) is 22.7 Å². The summed E-state index contributed by atoms with van der Waals surface area (Å²) in [7, 11) is 0. The van der Waals surface area contributed by atoms with Crippen molar-refractivity contribution >= 4 is 28.4 Å². The van der Waals surface area contributed by atoms with Gasteiger partial charge in [-0.1, -0.05) is 144 Å². The molecule has 0 atom stereocenters. The lowest BCUT2D eigenvalue weighted by Gasteiger charge is -2.42. The molecule has 1 nitrogen and oxygen atoms in total. The van der Waals surface area contributed by atoms with Crippen LogP contribution in [0.1, 0.15) is 184 Å². The summed E-state index contributed by atoms with van der Waals surface area (Å²) in [6.07, 6.45) is 21.7. The molecular formula is C36H59F2NS2. The number of halogens is 2. The van der Waals surface area contributed by atoms with Gasteiger partial charge in [0.05, 0.1) is 21.0 Å². The maximum absolute atomic E-state index is 16.7. The van der Waals surface area contributed by atoms with Crippen molar-refractivity contribution in [1.29, 1.82) is 0 Å². The largest absolute Gasteiger partial charge is 0.354 e. The molecule has 1 aliphatic heterocycles. The zero-order valence-corrected chi connectivity index (χ0v) is 28.8. The number of nitrogens with zero attached hydrogens (tertiary/aromatic N) is 1. The van der Waals surface area contributed by atoms with Gasteiger partial charge < -0.3 is 4.90 Å². The van der Waals surface area contributed by atoms with Crippen molar-refractivity contribution in [2.75, 3.05) is 4.90 Å². The van der Waals surface area contributed by atoms with Gasteiger partial charge in [0.25, 0.3) is 0 Å². The average molecular weight is 608 g/mol. The van der Waals surface area contributed by atoms with Crippen LogP contribution in [-0.2, 0) is 6.05 Å². The third-order valence-electron chi connectivity index (χ3n) is 8.86. The summed E-state index contributed by atoms with van der Waals surface area (Å²) in [5, 5.41) is 0. The smallest absolute Gasteiger partial charge is 0.305 e. The van der Waals surface area contributed by atoms with Crippen LogP contribution in [0.3, 0.4) is 0 Å². The summed E-state index contributed by atoms with van der Waals surface area (Å²) in [4.78, 5) is 5.81. The first-order valence-electron chi connectivity index (χ1n) is 17.2. The van der Waals surface area contributed by atoms with Gasteiger partial charge in [0.15, 0.2) is 0 Å². The van der Waals surface area contributed by atoms with Crippen molar-refractivity contribution in [3.8, 4) is 9.75 Å². The number of hydrogen-bond donors (Lipinski definition) is 0. The second-order valence-corrected chi connectivity index (χ2v) is 15.3. The molecule has 1 aliphatic rings. The van der Waals surface area contributed by atoms with Crippen LogP contribution in [-0.4, -0.2) is 6.04 Å². The standard InChI is InChI=1S/C36H59F2NS2/c1-7-9-11-13-15-17-19-21-23-29(24-22-20-18-16-14-12-10-8-2)39-31-26-33(28(5)6)41-35(31)34-30(36(39,37)38)25-32(40-34)27(3)4/h25-29H,7-24H2,1-6H3. The first kappa shape index (κ1) is 34.5. The number of rotatable bonds is 21. The lowest BCUT2D eigenvalue weighted by molar-refractivity contribution is -0.0186. The van der Waals surface area contributed by atoms with E-state index in [0.29, 0.717) is 5.92 Å². The minimum atomic E-state index is -2.97. The molecular weight excluding hydrogens is 549 g/mol. The Hall–Kier alpha value is -0.940. The minimum absolute atomic E-state index is 0.117. The van der Waals surface area contributed by atoms with E-state index in [9.17, 15) is 0 Å². The van der Waals surface area contributed by atoms with Gasteiger partial charge in [-0.05, 0) is 36.8 Å². The number of anilines is 1. The summed E-state index contributed by atoms with van der Waals surface area (Å²) in [5.74, 6) is 0.598. The molecule has 0 amide bonds. The van der Waals surface area contributed by atoms with Crippen molar-refractivity contribution in [2.45, 2.75) is 181 Å². The zero-order valence-electron chi connectivity index (χ0n) is 27.1. The topological polar surface area (TPSA) is 3.24 Å². The quantitative estimate of drug-likeness (QED) is 0.101. The highest BCUT2D eigenvalue weighted by Gasteiger charge is 2.50. The van der Waals surface area contributed by atoms with Crippen LogP contribution in [0.15, 0.2) is 12.1 Å². The molecule has 0 unspecified atom stereocenters. The number of alkyl halides is 2. The second kappa shape index (κ2) is 17.4. The lowest BCUT2D eigenvalue weighted by Crippen LogP contribution is -2.48. The van der Waals surface area contributed by atoms with Gasteiger partial charge in [-0.25, -0.2) is 0 Å². The van der Waals surface area contributed by atoms with Crippen LogP contribution in [0.2, 0.25) is 0 Å². The minimum Gasteiger partial charge on any atom is -0.305 e. The van der Waals surface area contributed by atoms with E-state index >= 15 is 8.78 Å². The van der Waals surface area contributed by atoms with Crippen LogP contribution < -0.4 is 4.90 Å². The Labute approximate surface area is 259 Å². The van der Waals surface area contributed by atoms with Crippen molar-refractivity contribution in [2.24, 2.45) is 0 Å². The molecule has 3 rings (SSSR count). The van der Waals surface area contributed by atoms with Crippen molar-refractivity contribution in [3.05, 3.63) is 27.5 Å². The molecule has 0 spiro atoms. The number of thiophene rings is 2. The Bertz CT molecular complexity index is 985. The maximum atomic E-state index is 16.7. The molecule has 0 aromatic carbocycles. The first-order chi connectivity index (χ1) is 19.7. The Kier molecular flexibility index (Phi) is 14.6. The Morgan fingerprint density at radius 2 is 1.02 bits per heavy atom. The van der Waals surface area contributed by atoms with E-state index in [1.165, 1.54) is 81.9 Å². The predicted octanol–water partition coefficient (Wildman–Crippen LogP) is 14.0. The Morgan fingerprint density at radius 3 is 1.49 bits per heavy atom. The molecule has 41 heavy (non-hydrogen) atoms. The molecule has 234 valence electrons. The number of unbranched alkanes of at least 4 members (excludes halogenated alkanes) is 14. The van der Waals surface area contributed by atoms with Gasteiger partial charge in [0.1, 0.15) is 0 Å². The van der Waals surface area contributed by atoms with Gasteiger partial charge in [0.2, 0.25) is 0 Å². The van der Waals surface area contributed by atoms with Crippen LogP contribution in [0.4, 0.5) is 14.5 Å². The molecule has 2 aromatic rings. The molecule has 0 radical (unpaired) electrons. The molecule has 0 aliphatic carbocycles. The second-order valence-electron chi connectivity index (χ2n) is 13.2. The van der Waals surface area contributed by atoms with Crippen molar-refractivity contribution in [1.82, 2.24) is 0 Å². The molecule has 0 saturated heterocycles. The fraction of sp³-hybridized carbons (Fsp3) is 0.778. The van der Waals surface area contributed by atoms with E-state index in [-0.39, 0.29) is 17.5 Å². The normalized spacial score (nSPS) is 14.5. The highest BCUT2D eigenvalue weighted by molar-refractivity contribution is 7.23. The van der Waals surface area contributed by atoms with Gasteiger partial charge in [-0.2, -0.15) is 8.78 Å².